The van der Waals surface area contributed by atoms with Gasteiger partial charge in [0.05, 0.1) is 0 Å². The van der Waals surface area contributed by atoms with Crippen molar-refractivity contribution in [1.29, 1.82) is 0 Å². The van der Waals surface area contributed by atoms with E-state index in [0.29, 0.717) is 11.2 Å². The Labute approximate surface area is 120 Å². The van der Waals surface area contributed by atoms with Gasteiger partial charge in [-0.3, -0.25) is 4.90 Å². The quantitative estimate of drug-likeness (QED) is 0.922. The van der Waals surface area contributed by atoms with E-state index in [0.717, 1.165) is 6.54 Å². The maximum absolute atomic E-state index is 5.65. The normalized spacial score (nSPS) is 17.9. The molecule has 1 aromatic rings. The number of thiazole rings is 1. The lowest BCUT2D eigenvalue weighted by Crippen LogP contribution is -2.42. The van der Waals surface area contributed by atoms with Crippen LogP contribution >= 0.6 is 23.7 Å². The van der Waals surface area contributed by atoms with Crippen LogP contribution in [0.3, 0.4) is 0 Å². The summed E-state index contributed by atoms with van der Waals surface area (Å²) in [5.41, 5.74) is 5.65. The molecule has 4 nitrogen and oxygen atoms in total. The summed E-state index contributed by atoms with van der Waals surface area (Å²) >= 11 is 1.60. The average molecular weight is 291 g/mol. The third kappa shape index (κ3) is 4.09. The number of rotatable bonds is 4. The zero-order valence-corrected chi connectivity index (χ0v) is 12.8. The summed E-state index contributed by atoms with van der Waals surface area (Å²) in [5.74, 6) is 0. The van der Waals surface area contributed by atoms with Gasteiger partial charge in [-0.15, -0.1) is 23.7 Å². The molecular weight excluding hydrogens is 268 g/mol. The van der Waals surface area contributed by atoms with Crippen LogP contribution in [0.4, 0.5) is 5.13 Å². The van der Waals surface area contributed by atoms with Gasteiger partial charge in [0, 0.05) is 23.7 Å². The third-order valence-corrected chi connectivity index (χ3v) is 4.42. The molecule has 0 atom stereocenters. The lowest BCUT2D eigenvalue weighted by Gasteiger charge is -2.36. The van der Waals surface area contributed by atoms with Crippen LogP contribution in [0.5, 0.6) is 0 Å². The van der Waals surface area contributed by atoms with Gasteiger partial charge in [-0.1, -0.05) is 6.92 Å². The van der Waals surface area contributed by atoms with Crippen molar-refractivity contribution in [2.75, 3.05) is 32.4 Å². The Bertz CT molecular complexity index is 350. The predicted octanol–water partition coefficient (Wildman–Crippen LogP) is 2.06. The summed E-state index contributed by atoms with van der Waals surface area (Å²) in [4.78, 5) is 10.3. The first-order valence-electron chi connectivity index (χ1n) is 6.31. The number of halogens is 1. The number of aromatic nitrogens is 1. The number of nitrogens with two attached hydrogens (primary N) is 1. The van der Waals surface area contributed by atoms with Crippen molar-refractivity contribution in [2.24, 2.45) is 0 Å². The van der Waals surface area contributed by atoms with E-state index in [2.05, 4.69) is 28.8 Å². The minimum Gasteiger partial charge on any atom is -0.375 e. The van der Waals surface area contributed by atoms with Crippen LogP contribution in [0.2, 0.25) is 0 Å². The van der Waals surface area contributed by atoms with Crippen molar-refractivity contribution >= 4 is 28.9 Å². The molecule has 1 fully saturated rings. The highest BCUT2D eigenvalue weighted by Crippen LogP contribution is 2.20. The van der Waals surface area contributed by atoms with Crippen molar-refractivity contribution in [3.8, 4) is 0 Å². The number of hydrogen-bond donors (Lipinski definition) is 1. The Morgan fingerprint density at radius 3 is 2.67 bits per heavy atom. The van der Waals surface area contributed by atoms with E-state index in [1.54, 1.807) is 11.3 Å². The molecule has 2 rings (SSSR count). The maximum Gasteiger partial charge on any atom is 0.180 e. The molecule has 0 spiro atoms. The number of nitrogen functional groups attached to an aromatic ring is 1. The maximum atomic E-state index is 5.65. The SMILES string of the molecule is CCN1CCC(N(C)Cc2cnc(N)s2)CC1.Cl. The number of anilines is 1. The third-order valence-electron chi connectivity index (χ3n) is 3.60. The van der Waals surface area contributed by atoms with E-state index in [-0.39, 0.29) is 12.4 Å². The van der Waals surface area contributed by atoms with Crippen molar-refractivity contribution in [2.45, 2.75) is 32.4 Å². The van der Waals surface area contributed by atoms with Gasteiger partial charge in [0.2, 0.25) is 0 Å². The predicted molar refractivity (Wildman–Crippen MR) is 80.4 cm³/mol. The van der Waals surface area contributed by atoms with Gasteiger partial charge in [-0.2, -0.15) is 0 Å². The minimum atomic E-state index is 0. The van der Waals surface area contributed by atoms with E-state index < -0.39 is 0 Å². The van der Waals surface area contributed by atoms with Gasteiger partial charge in [0.25, 0.3) is 0 Å². The first kappa shape index (κ1) is 15.7. The van der Waals surface area contributed by atoms with Crippen LogP contribution in [-0.2, 0) is 6.54 Å². The van der Waals surface area contributed by atoms with Crippen molar-refractivity contribution in [1.82, 2.24) is 14.8 Å². The molecule has 0 aromatic carbocycles. The molecule has 0 radical (unpaired) electrons. The highest BCUT2D eigenvalue weighted by atomic mass is 35.5. The van der Waals surface area contributed by atoms with Gasteiger partial charge in [-0.25, -0.2) is 4.98 Å². The second kappa shape index (κ2) is 7.28. The molecule has 18 heavy (non-hydrogen) atoms. The largest absolute Gasteiger partial charge is 0.375 e. The number of nitrogens with zero attached hydrogens (tertiary/aromatic N) is 3. The van der Waals surface area contributed by atoms with Crippen LogP contribution in [0, 0.1) is 0 Å². The molecule has 1 aliphatic rings. The lowest BCUT2D eigenvalue weighted by molar-refractivity contribution is 0.128. The summed E-state index contributed by atoms with van der Waals surface area (Å²) in [6.45, 7) is 6.87. The second-order valence-corrected chi connectivity index (χ2v) is 5.89. The molecule has 1 aromatic heterocycles. The molecule has 0 bridgehead atoms. The molecule has 104 valence electrons. The first-order valence-corrected chi connectivity index (χ1v) is 7.13. The second-order valence-electron chi connectivity index (χ2n) is 4.75. The lowest BCUT2D eigenvalue weighted by atomic mass is 10.0. The fourth-order valence-electron chi connectivity index (χ4n) is 2.45. The average Bonchev–Trinajstić information content (AvgIpc) is 2.75. The van der Waals surface area contributed by atoms with Crippen LogP contribution in [-0.4, -0.2) is 47.5 Å². The molecule has 1 aliphatic heterocycles. The van der Waals surface area contributed by atoms with Gasteiger partial charge >= 0.3 is 0 Å². The summed E-state index contributed by atoms with van der Waals surface area (Å²) in [6.07, 6.45) is 4.45. The van der Waals surface area contributed by atoms with E-state index in [4.69, 9.17) is 5.73 Å². The Morgan fingerprint density at radius 2 is 2.17 bits per heavy atom. The first-order chi connectivity index (χ1) is 8.19. The molecular formula is C12H23ClN4S. The highest BCUT2D eigenvalue weighted by molar-refractivity contribution is 7.15. The molecule has 2 heterocycles. The topological polar surface area (TPSA) is 45.4 Å². The van der Waals surface area contributed by atoms with E-state index >= 15 is 0 Å². The van der Waals surface area contributed by atoms with Crippen LogP contribution < -0.4 is 5.73 Å². The molecule has 0 saturated carbocycles. The van der Waals surface area contributed by atoms with Gasteiger partial charge in [0.1, 0.15) is 0 Å². The van der Waals surface area contributed by atoms with E-state index in [1.807, 2.05) is 6.20 Å². The van der Waals surface area contributed by atoms with Gasteiger partial charge < -0.3 is 10.6 Å². The molecule has 6 heteroatoms. The zero-order valence-electron chi connectivity index (χ0n) is 11.1. The smallest absolute Gasteiger partial charge is 0.180 e. The Hall–Kier alpha value is -0.360. The van der Waals surface area contributed by atoms with E-state index in [9.17, 15) is 0 Å². The monoisotopic (exact) mass is 290 g/mol. The molecule has 0 aliphatic carbocycles. The minimum absolute atomic E-state index is 0. The fraction of sp³-hybridized carbons (Fsp3) is 0.750. The van der Waals surface area contributed by atoms with Crippen LogP contribution in [0.1, 0.15) is 24.6 Å². The molecule has 1 saturated heterocycles. The fourth-order valence-corrected chi connectivity index (χ4v) is 3.19. The molecule has 2 N–H and O–H groups in total. The van der Waals surface area contributed by atoms with Crippen LogP contribution in [0.15, 0.2) is 6.20 Å². The van der Waals surface area contributed by atoms with Crippen molar-refractivity contribution in [3.05, 3.63) is 11.1 Å². The number of piperidine rings is 1. The van der Waals surface area contributed by atoms with Crippen LogP contribution in [0.25, 0.3) is 0 Å². The van der Waals surface area contributed by atoms with Gasteiger partial charge in [0.15, 0.2) is 5.13 Å². The molecule has 0 amide bonds. The Morgan fingerprint density at radius 1 is 1.50 bits per heavy atom. The highest BCUT2D eigenvalue weighted by Gasteiger charge is 2.21. The zero-order chi connectivity index (χ0) is 12.3. The summed E-state index contributed by atoms with van der Waals surface area (Å²) in [6, 6.07) is 0.709. The standard InChI is InChI=1S/C12H22N4S.ClH/c1-3-16-6-4-10(5-7-16)15(2)9-11-8-14-12(13)17-11;/h8,10H,3-7,9H2,1-2H3,(H2,13,14);1H. The Kier molecular flexibility index (Phi) is 6.35. The van der Waals surface area contributed by atoms with Crippen molar-refractivity contribution in [3.63, 3.8) is 0 Å². The summed E-state index contributed by atoms with van der Waals surface area (Å²) < 4.78 is 0. The Balaban J connectivity index is 0.00000162. The summed E-state index contributed by atoms with van der Waals surface area (Å²) in [7, 11) is 2.21. The number of likely N-dealkylation sites (tertiary alicyclic amines) is 1. The summed E-state index contributed by atoms with van der Waals surface area (Å²) in [5, 5.41) is 0.675. The van der Waals surface area contributed by atoms with Gasteiger partial charge in [-0.05, 0) is 39.5 Å². The van der Waals surface area contributed by atoms with Crippen molar-refractivity contribution < 1.29 is 0 Å². The number of hydrogen-bond acceptors (Lipinski definition) is 5. The molecule has 0 unspecified atom stereocenters. The van der Waals surface area contributed by atoms with E-state index in [1.165, 1.54) is 37.4 Å².